The Morgan fingerprint density at radius 2 is 2.00 bits per heavy atom. The van der Waals surface area contributed by atoms with Crippen molar-refractivity contribution in [1.29, 1.82) is 5.26 Å². The third kappa shape index (κ3) is 3.12. The molecule has 0 fully saturated rings. The topological polar surface area (TPSA) is 84.2 Å². The number of carbonyl (C=O) groups is 1. The summed E-state index contributed by atoms with van der Waals surface area (Å²) in [6.45, 7) is 4.99. The first-order valence-corrected chi connectivity index (χ1v) is 7.47. The van der Waals surface area contributed by atoms with Gasteiger partial charge in [-0.3, -0.25) is 0 Å². The van der Waals surface area contributed by atoms with Gasteiger partial charge < -0.3 is 4.74 Å². The molecule has 0 aromatic heterocycles. The zero-order valence-electron chi connectivity index (χ0n) is 11.1. The summed E-state index contributed by atoms with van der Waals surface area (Å²) in [4.78, 5) is 11.6. The molecule has 0 radical (unpaired) electrons. The fraction of sp³-hybridized carbons (Fsp3) is 0.385. The fourth-order valence-electron chi connectivity index (χ4n) is 1.62. The first kappa shape index (κ1) is 15.2. The third-order valence-corrected chi connectivity index (χ3v) is 4.43. The molecular formula is C13H15NO4S. The second-order valence-electron chi connectivity index (χ2n) is 3.90. The predicted octanol–water partition coefficient (Wildman–Crippen LogP) is 1.84. The second kappa shape index (κ2) is 5.85. The van der Waals surface area contributed by atoms with Crippen LogP contribution < -0.4 is 0 Å². The van der Waals surface area contributed by atoms with E-state index >= 15 is 0 Å². The lowest BCUT2D eigenvalue weighted by Crippen LogP contribution is -2.12. The van der Waals surface area contributed by atoms with Crippen LogP contribution in [0.5, 0.6) is 0 Å². The number of ether oxygens (including phenoxy) is 1. The Kier molecular flexibility index (Phi) is 4.67. The van der Waals surface area contributed by atoms with Gasteiger partial charge in [-0.15, -0.1) is 0 Å². The van der Waals surface area contributed by atoms with Gasteiger partial charge in [-0.2, -0.15) is 5.26 Å². The van der Waals surface area contributed by atoms with E-state index < -0.39 is 15.8 Å². The molecule has 5 nitrogen and oxygen atoms in total. The minimum Gasteiger partial charge on any atom is -0.462 e. The van der Waals surface area contributed by atoms with Gasteiger partial charge in [0.15, 0.2) is 9.84 Å². The van der Waals surface area contributed by atoms with Crippen molar-refractivity contribution in [2.45, 2.75) is 25.7 Å². The molecule has 1 aromatic carbocycles. The fourth-order valence-corrected chi connectivity index (χ4v) is 2.67. The van der Waals surface area contributed by atoms with Gasteiger partial charge in [0.05, 0.1) is 28.4 Å². The Morgan fingerprint density at radius 1 is 1.37 bits per heavy atom. The van der Waals surface area contributed by atoms with E-state index in [0.29, 0.717) is 5.56 Å². The van der Waals surface area contributed by atoms with Crippen molar-refractivity contribution in [3.63, 3.8) is 0 Å². The zero-order chi connectivity index (χ0) is 14.6. The highest BCUT2D eigenvalue weighted by atomic mass is 32.2. The molecule has 0 atom stereocenters. The van der Waals surface area contributed by atoms with Crippen molar-refractivity contribution >= 4 is 15.8 Å². The standard InChI is InChI=1S/C13H15NO4S/c1-4-18-13(15)11-7-12(19(16,17)5-2)10(8-14)6-9(11)3/h6-7H,4-5H2,1-3H3. The Hall–Kier alpha value is -1.87. The van der Waals surface area contributed by atoms with Crippen LogP contribution in [-0.2, 0) is 14.6 Å². The van der Waals surface area contributed by atoms with Crippen LogP contribution >= 0.6 is 0 Å². The molecule has 0 saturated heterocycles. The van der Waals surface area contributed by atoms with E-state index in [1.165, 1.54) is 19.1 Å². The maximum absolute atomic E-state index is 11.9. The van der Waals surface area contributed by atoms with Crippen molar-refractivity contribution in [2.75, 3.05) is 12.4 Å². The average molecular weight is 281 g/mol. The molecule has 6 heteroatoms. The molecule has 0 unspecified atom stereocenters. The average Bonchev–Trinajstić information content (AvgIpc) is 2.38. The lowest BCUT2D eigenvalue weighted by atomic mass is 10.1. The molecule has 19 heavy (non-hydrogen) atoms. The highest BCUT2D eigenvalue weighted by molar-refractivity contribution is 7.91. The van der Waals surface area contributed by atoms with Crippen molar-refractivity contribution in [1.82, 2.24) is 0 Å². The molecule has 0 aliphatic rings. The molecule has 1 aromatic rings. The third-order valence-electron chi connectivity index (χ3n) is 2.66. The minimum atomic E-state index is -3.56. The van der Waals surface area contributed by atoms with Gasteiger partial charge >= 0.3 is 5.97 Å². The summed E-state index contributed by atoms with van der Waals surface area (Å²) in [7, 11) is -3.56. The number of hydrogen-bond acceptors (Lipinski definition) is 5. The molecule has 0 aliphatic carbocycles. The van der Waals surface area contributed by atoms with Gasteiger partial charge in [0.2, 0.25) is 0 Å². The highest BCUT2D eigenvalue weighted by Crippen LogP contribution is 2.22. The Balaban J connectivity index is 3.52. The van der Waals surface area contributed by atoms with Gasteiger partial charge in [-0.1, -0.05) is 6.92 Å². The minimum absolute atomic E-state index is 0.0485. The van der Waals surface area contributed by atoms with E-state index in [4.69, 9.17) is 10.00 Å². The molecule has 0 N–H and O–H groups in total. The van der Waals surface area contributed by atoms with Crippen molar-refractivity contribution in [3.05, 3.63) is 28.8 Å². The van der Waals surface area contributed by atoms with Gasteiger partial charge in [0.1, 0.15) is 6.07 Å². The van der Waals surface area contributed by atoms with Crippen LogP contribution in [0.1, 0.15) is 35.3 Å². The van der Waals surface area contributed by atoms with Crippen LogP contribution in [0.15, 0.2) is 17.0 Å². The zero-order valence-corrected chi connectivity index (χ0v) is 11.9. The summed E-state index contributed by atoms with van der Waals surface area (Å²) in [5.41, 5.74) is 0.741. The number of benzene rings is 1. The van der Waals surface area contributed by atoms with Crippen LogP contribution in [0.2, 0.25) is 0 Å². The molecule has 1 rings (SSSR count). The Morgan fingerprint density at radius 3 is 2.47 bits per heavy atom. The smallest absolute Gasteiger partial charge is 0.338 e. The number of sulfone groups is 1. The predicted molar refractivity (Wildman–Crippen MR) is 69.6 cm³/mol. The second-order valence-corrected chi connectivity index (χ2v) is 6.15. The maximum atomic E-state index is 11.9. The summed E-state index contributed by atoms with van der Waals surface area (Å²) in [6, 6.07) is 4.47. The van der Waals surface area contributed by atoms with Crippen LogP contribution in [0.25, 0.3) is 0 Å². The lowest BCUT2D eigenvalue weighted by molar-refractivity contribution is 0.0525. The van der Waals surface area contributed by atoms with Crippen LogP contribution in [-0.4, -0.2) is 26.7 Å². The first-order chi connectivity index (χ1) is 8.87. The lowest BCUT2D eigenvalue weighted by Gasteiger charge is -2.10. The van der Waals surface area contributed by atoms with E-state index in [-0.39, 0.29) is 28.4 Å². The number of nitriles is 1. The van der Waals surface area contributed by atoms with E-state index in [0.717, 1.165) is 0 Å². The number of rotatable bonds is 4. The molecule has 0 amide bonds. The van der Waals surface area contributed by atoms with Gasteiger partial charge in [0, 0.05) is 0 Å². The SMILES string of the molecule is CCOC(=O)c1cc(S(=O)(=O)CC)c(C#N)cc1C. The van der Waals surface area contributed by atoms with E-state index in [1.807, 2.05) is 6.07 Å². The number of nitrogens with zero attached hydrogens (tertiary/aromatic N) is 1. The van der Waals surface area contributed by atoms with Crippen LogP contribution in [0.4, 0.5) is 0 Å². The molecule has 102 valence electrons. The molecule has 0 saturated carbocycles. The summed E-state index contributed by atoms with van der Waals surface area (Å²) < 4.78 is 28.7. The van der Waals surface area contributed by atoms with E-state index in [1.54, 1.807) is 13.8 Å². The summed E-state index contributed by atoms with van der Waals surface area (Å²) in [6.07, 6.45) is 0. The molecule has 0 aliphatic heterocycles. The number of aryl methyl sites for hydroxylation is 1. The molecule has 0 heterocycles. The molecular weight excluding hydrogens is 266 g/mol. The van der Waals surface area contributed by atoms with Crippen LogP contribution in [0.3, 0.4) is 0 Å². The van der Waals surface area contributed by atoms with E-state index in [2.05, 4.69) is 0 Å². The summed E-state index contributed by atoms with van der Waals surface area (Å²) in [5, 5.41) is 9.00. The number of esters is 1. The first-order valence-electron chi connectivity index (χ1n) is 5.82. The number of carbonyl (C=O) groups excluding carboxylic acids is 1. The van der Waals surface area contributed by atoms with Gasteiger partial charge in [0.25, 0.3) is 0 Å². The highest BCUT2D eigenvalue weighted by Gasteiger charge is 2.21. The van der Waals surface area contributed by atoms with Crippen molar-refractivity contribution in [2.24, 2.45) is 0 Å². The molecule has 0 bridgehead atoms. The summed E-state index contributed by atoms with van der Waals surface area (Å²) >= 11 is 0. The quantitative estimate of drug-likeness (QED) is 0.786. The maximum Gasteiger partial charge on any atom is 0.338 e. The normalized spacial score (nSPS) is 10.8. The van der Waals surface area contributed by atoms with Crippen molar-refractivity contribution < 1.29 is 17.9 Å². The van der Waals surface area contributed by atoms with Gasteiger partial charge in [-0.25, -0.2) is 13.2 Å². The van der Waals surface area contributed by atoms with Crippen LogP contribution in [0, 0.1) is 18.3 Å². The number of hydrogen-bond donors (Lipinski definition) is 0. The Bertz CT molecular complexity index is 641. The largest absolute Gasteiger partial charge is 0.462 e. The van der Waals surface area contributed by atoms with E-state index in [9.17, 15) is 13.2 Å². The Labute approximate surface area is 112 Å². The monoisotopic (exact) mass is 281 g/mol. The van der Waals surface area contributed by atoms with Gasteiger partial charge in [-0.05, 0) is 31.5 Å². The summed E-state index contributed by atoms with van der Waals surface area (Å²) in [5.74, 6) is -0.718. The molecule has 0 spiro atoms. The van der Waals surface area contributed by atoms with Crippen molar-refractivity contribution in [3.8, 4) is 6.07 Å².